The minimum Gasteiger partial charge on any atom is -0.481 e. The molecular formula is C13H21NO4. The maximum Gasteiger partial charge on any atom is 0.410 e. The van der Waals surface area contributed by atoms with E-state index in [2.05, 4.69) is 0 Å². The van der Waals surface area contributed by atoms with Gasteiger partial charge in [-0.25, -0.2) is 4.79 Å². The number of carbonyl (C=O) groups excluding carboxylic acids is 1. The van der Waals surface area contributed by atoms with Crippen LogP contribution in [0.4, 0.5) is 4.79 Å². The number of carbonyl (C=O) groups is 2. The van der Waals surface area contributed by atoms with Gasteiger partial charge in [-0.1, -0.05) is 0 Å². The lowest BCUT2D eigenvalue weighted by atomic mass is 9.97. The number of carboxylic acid groups (broad SMARTS) is 1. The quantitative estimate of drug-likeness (QED) is 0.821. The number of rotatable bonds is 2. The van der Waals surface area contributed by atoms with Crippen LogP contribution in [0.25, 0.3) is 0 Å². The summed E-state index contributed by atoms with van der Waals surface area (Å²) in [4.78, 5) is 24.5. The Morgan fingerprint density at radius 2 is 1.78 bits per heavy atom. The molecule has 0 radical (unpaired) electrons. The van der Waals surface area contributed by atoms with Crippen molar-refractivity contribution in [2.75, 3.05) is 13.1 Å². The molecule has 1 saturated heterocycles. The molecule has 0 aromatic heterocycles. The van der Waals surface area contributed by atoms with Crippen LogP contribution < -0.4 is 0 Å². The van der Waals surface area contributed by atoms with Crippen molar-refractivity contribution in [2.24, 2.45) is 5.92 Å². The van der Waals surface area contributed by atoms with Gasteiger partial charge in [-0.2, -0.15) is 0 Å². The highest BCUT2D eigenvalue weighted by atomic mass is 16.6. The summed E-state index contributed by atoms with van der Waals surface area (Å²) in [5.41, 5.74) is -0.305. The van der Waals surface area contributed by atoms with E-state index in [4.69, 9.17) is 9.84 Å². The highest BCUT2D eigenvalue weighted by Crippen LogP contribution is 2.33. The zero-order valence-electron chi connectivity index (χ0n) is 10.9. The predicted molar refractivity (Wildman–Crippen MR) is 65.3 cm³/mol. The Morgan fingerprint density at radius 3 is 2.28 bits per heavy atom. The maximum absolute atomic E-state index is 12.0. The monoisotopic (exact) mass is 255 g/mol. The normalized spacial score (nSPS) is 23.9. The molecule has 1 N–H and O–H groups in total. The SMILES string of the molecule is CC1(OC(=O)N2CCC(C(=O)O)CC2)CCCC1. The molecule has 0 spiro atoms. The molecular weight excluding hydrogens is 234 g/mol. The van der Waals surface area contributed by atoms with E-state index in [0.717, 1.165) is 25.7 Å². The summed E-state index contributed by atoms with van der Waals surface area (Å²) in [5, 5.41) is 8.90. The molecule has 5 nitrogen and oxygen atoms in total. The number of hydrogen-bond acceptors (Lipinski definition) is 3. The Morgan fingerprint density at radius 1 is 1.22 bits per heavy atom. The van der Waals surface area contributed by atoms with Gasteiger partial charge in [0.2, 0.25) is 0 Å². The van der Waals surface area contributed by atoms with Gasteiger partial charge in [0.15, 0.2) is 0 Å². The average molecular weight is 255 g/mol. The Balaban J connectivity index is 1.82. The van der Waals surface area contributed by atoms with Crippen LogP contribution in [0.2, 0.25) is 0 Å². The van der Waals surface area contributed by atoms with E-state index in [1.165, 1.54) is 0 Å². The van der Waals surface area contributed by atoms with Crippen molar-refractivity contribution < 1.29 is 19.4 Å². The van der Waals surface area contributed by atoms with Gasteiger partial charge in [0.25, 0.3) is 0 Å². The van der Waals surface area contributed by atoms with Crippen molar-refractivity contribution in [3.8, 4) is 0 Å². The van der Waals surface area contributed by atoms with E-state index in [1.54, 1.807) is 4.90 Å². The van der Waals surface area contributed by atoms with Crippen molar-refractivity contribution in [2.45, 2.75) is 51.0 Å². The number of likely N-dealkylation sites (tertiary alicyclic amines) is 1. The first kappa shape index (κ1) is 13.2. The molecule has 1 saturated carbocycles. The Bertz CT molecular complexity index is 328. The second-order valence-corrected chi connectivity index (χ2v) is 5.62. The second-order valence-electron chi connectivity index (χ2n) is 5.62. The number of hydrogen-bond donors (Lipinski definition) is 1. The van der Waals surface area contributed by atoms with Crippen LogP contribution in [0.5, 0.6) is 0 Å². The molecule has 0 bridgehead atoms. The van der Waals surface area contributed by atoms with Crippen LogP contribution in [0, 0.1) is 5.92 Å². The lowest BCUT2D eigenvalue weighted by molar-refractivity contribution is -0.143. The second kappa shape index (κ2) is 5.16. The minimum atomic E-state index is -0.759. The Labute approximate surface area is 107 Å². The lowest BCUT2D eigenvalue weighted by Crippen LogP contribution is -2.43. The molecule has 1 aliphatic heterocycles. The van der Waals surface area contributed by atoms with Gasteiger partial charge in [0.05, 0.1) is 5.92 Å². The first-order chi connectivity index (χ1) is 8.50. The molecule has 2 aliphatic rings. The van der Waals surface area contributed by atoms with Crippen molar-refractivity contribution >= 4 is 12.1 Å². The molecule has 1 amide bonds. The molecule has 5 heteroatoms. The van der Waals surface area contributed by atoms with Gasteiger partial charge in [-0.15, -0.1) is 0 Å². The number of amides is 1. The van der Waals surface area contributed by atoms with Crippen LogP contribution >= 0.6 is 0 Å². The average Bonchev–Trinajstić information content (AvgIpc) is 2.76. The van der Waals surface area contributed by atoms with E-state index in [0.29, 0.717) is 25.9 Å². The van der Waals surface area contributed by atoms with Gasteiger partial charge in [-0.3, -0.25) is 4.79 Å². The summed E-state index contributed by atoms with van der Waals surface area (Å²) in [6, 6.07) is 0. The van der Waals surface area contributed by atoms with Crippen molar-refractivity contribution in [3.05, 3.63) is 0 Å². The van der Waals surface area contributed by atoms with Gasteiger partial charge < -0.3 is 14.7 Å². The number of carboxylic acids is 1. The first-order valence-electron chi connectivity index (χ1n) is 6.71. The third-order valence-electron chi connectivity index (χ3n) is 4.10. The molecule has 0 unspecified atom stereocenters. The van der Waals surface area contributed by atoms with Gasteiger partial charge in [0, 0.05) is 13.1 Å². The largest absolute Gasteiger partial charge is 0.481 e. The fourth-order valence-corrected chi connectivity index (χ4v) is 2.81. The summed E-state index contributed by atoms with van der Waals surface area (Å²) < 4.78 is 5.57. The maximum atomic E-state index is 12.0. The van der Waals surface area contributed by atoms with Crippen molar-refractivity contribution in [1.29, 1.82) is 0 Å². The fourth-order valence-electron chi connectivity index (χ4n) is 2.81. The standard InChI is InChI=1S/C13H21NO4/c1-13(6-2-3-7-13)18-12(17)14-8-4-10(5-9-14)11(15)16/h10H,2-9H2,1H3,(H,15,16). The summed E-state index contributed by atoms with van der Waals surface area (Å²) in [6.45, 7) is 2.97. The highest BCUT2D eigenvalue weighted by Gasteiger charge is 2.35. The molecule has 2 rings (SSSR count). The van der Waals surface area contributed by atoms with Crippen LogP contribution in [-0.4, -0.2) is 40.8 Å². The molecule has 0 aromatic rings. The van der Waals surface area contributed by atoms with Crippen LogP contribution in [0.15, 0.2) is 0 Å². The van der Waals surface area contributed by atoms with Crippen molar-refractivity contribution in [1.82, 2.24) is 4.90 Å². The zero-order chi connectivity index (χ0) is 13.2. The molecule has 1 heterocycles. The van der Waals surface area contributed by atoms with Gasteiger partial charge >= 0.3 is 12.1 Å². The van der Waals surface area contributed by atoms with E-state index >= 15 is 0 Å². The predicted octanol–water partition coefficient (Wildman–Crippen LogP) is 2.25. The molecule has 0 atom stereocenters. The molecule has 2 fully saturated rings. The lowest BCUT2D eigenvalue weighted by Gasteiger charge is -2.33. The Hall–Kier alpha value is -1.26. The first-order valence-corrected chi connectivity index (χ1v) is 6.71. The fraction of sp³-hybridized carbons (Fsp3) is 0.846. The third-order valence-corrected chi connectivity index (χ3v) is 4.10. The van der Waals surface area contributed by atoms with Gasteiger partial charge in [-0.05, 0) is 45.4 Å². The summed E-state index contributed by atoms with van der Waals surface area (Å²) >= 11 is 0. The van der Waals surface area contributed by atoms with Crippen molar-refractivity contribution in [3.63, 3.8) is 0 Å². The summed E-state index contributed by atoms with van der Waals surface area (Å²) in [5.74, 6) is -1.07. The van der Waals surface area contributed by atoms with E-state index in [-0.39, 0.29) is 17.6 Å². The highest BCUT2D eigenvalue weighted by molar-refractivity contribution is 5.72. The van der Waals surface area contributed by atoms with Crippen LogP contribution in [-0.2, 0) is 9.53 Å². The molecule has 18 heavy (non-hydrogen) atoms. The number of piperidine rings is 1. The van der Waals surface area contributed by atoms with Gasteiger partial charge in [0.1, 0.15) is 5.60 Å². The summed E-state index contributed by atoms with van der Waals surface area (Å²) in [6.07, 6.45) is 4.88. The zero-order valence-corrected chi connectivity index (χ0v) is 10.9. The van der Waals surface area contributed by atoms with Crippen LogP contribution in [0.3, 0.4) is 0 Å². The minimum absolute atomic E-state index is 0.275. The van der Waals surface area contributed by atoms with E-state index in [9.17, 15) is 9.59 Å². The third kappa shape index (κ3) is 2.94. The number of aliphatic carboxylic acids is 1. The van der Waals surface area contributed by atoms with E-state index in [1.807, 2.05) is 6.92 Å². The number of nitrogens with zero attached hydrogens (tertiary/aromatic N) is 1. The molecule has 102 valence electrons. The molecule has 0 aromatic carbocycles. The number of ether oxygens (including phenoxy) is 1. The topological polar surface area (TPSA) is 66.8 Å². The smallest absolute Gasteiger partial charge is 0.410 e. The summed E-state index contributed by atoms with van der Waals surface area (Å²) in [7, 11) is 0. The molecule has 1 aliphatic carbocycles. The Kier molecular flexibility index (Phi) is 3.78. The van der Waals surface area contributed by atoms with E-state index < -0.39 is 5.97 Å². The van der Waals surface area contributed by atoms with Crippen LogP contribution in [0.1, 0.15) is 45.4 Å².